The molecule has 0 aromatic carbocycles. The summed E-state index contributed by atoms with van der Waals surface area (Å²) in [7, 11) is -3.57. The molecule has 0 aromatic rings. The number of ketones is 1. The number of sulfone groups is 1. The molecule has 12 nitrogen and oxygen atoms in total. The van der Waals surface area contributed by atoms with Crippen LogP contribution in [0, 0.1) is 29.6 Å². The van der Waals surface area contributed by atoms with Crippen LogP contribution < -0.4 is 21.3 Å². The molecule has 0 aromatic heterocycles. The molecule has 1 saturated heterocycles. The molecule has 1 aliphatic carbocycles. The van der Waals surface area contributed by atoms with E-state index in [4.69, 9.17) is 6.42 Å². The van der Waals surface area contributed by atoms with Crippen molar-refractivity contribution in [3.8, 4) is 12.3 Å². The highest BCUT2D eigenvalue weighted by atomic mass is 32.2. The smallest absolute Gasteiger partial charge is 0.315 e. The van der Waals surface area contributed by atoms with Crippen LogP contribution in [0.15, 0.2) is 12.7 Å². The Balaban J connectivity index is 2.35. The van der Waals surface area contributed by atoms with Gasteiger partial charge in [-0.2, -0.15) is 0 Å². The maximum Gasteiger partial charge on any atom is 0.315 e. The summed E-state index contributed by atoms with van der Waals surface area (Å²) in [5.41, 5.74) is -0.788. The average Bonchev–Trinajstić information content (AvgIpc) is 3.45. The largest absolute Gasteiger partial charge is 0.346 e. The van der Waals surface area contributed by atoms with Crippen molar-refractivity contribution >= 4 is 39.4 Å². The number of urea groups is 1. The fourth-order valence-electron chi connectivity index (χ4n) is 6.50. The lowest BCUT2D eigenvalue weighted by Crippen LogP contribution is -2.62. The Morgan fingerprint density at radius 3 is 2.17 bits per heavy atom. The number of nitrogens with one attached hydrogen (secondary N) is 4. The molecule has 6 atom stereocenters. The summed E-state index contributed by atoms with van der Waals surface area (Å²) in [6, 6.07) is -4.50. The molecule has 0 spiro atoms. The lowest BCUT2D eigenvalue weighted by Gasteiger charge is -2.38. The summed E-state index contributed by atoms with van der Waals surface area (Å²) in [5.74, 6) is -0.616. The van der Waals surface area contributed by atoms with Crippen LogP contribution in [0.4, 0.5) is 4.79 Å². The summed E-state index contributed by atoms with van der Waals surface area (Å²) in [6.45, 7) is 18.1. The van der Waals surface area contributed by atoms with Crippen molar-refractivity contribution in [1.82, 2.24) is 26.2 Å². The number of nitrogens with zero attached hydrogens (tertiary/aromatic N) is 1. The van der Waals surface area contributed by atoms with Gasteiger partial charge in [-0.15, -0.1) is 18.9 Å². The highest BCUT2D eigenvalue weighted by Crippen LogP contribution is 2.34. The first-order valence-electron chi connectivity index (χ1n) is 17.0. The average molecular weight is 692 g/mol. The summed E-state index contributed by atoms with van der Waals surface area (Å²) >= 11 is 0. The molecule has 1 heterocycles. The maximum absolute atomic E-state index is 14.3. The number of Topliss-reactive ketones (excluding diaryl/α,β-unsaturated/α-hetero) is 1. The zero-order chi connectivity index (χ0) is 36.6. The molecule has 2 fully saturated rings. The van der Waals surface area contributed by atoms with Gasteiger partial charge in [-0.25, -0.2) is 13.2 Å². The van der Waals surface area contributed by atoms with Crippen molar-refractivity contribution in [3.63, 3.8) is 0 Å². The van der Waals surface area contributed by atoms with Crippen molar-refractivity contribution in [2.45, 2.75) is 134 Å². The first-order chi connectivity index (χ1) is 22.2. The molecule has 4 N–H and O–H groups in total. The van der Waals surface area contributed by atoms with Crippen molar-refractivity contribution in [3.05, 3.63) is 12.7 Å². The fraction of sp³-hybridized carbons (Fsp3) is 0.743. The Morgan fingerprint density at radius 2 is 1.62 bits per heavy atom. The van der Waals surface area contributed by atoms with Gasteiger partial charge in [0, 0.05) is 25.6 Å². The molecular formula is C35H57N5O7S. The fourth-order valence-corrected chi connectivity index (χ4v) is 8.53. The van der Waals surface area contributed by atoms with E-state index in [-0.39, 0.29) is 37.8 Å². The second kappa shape index (κ2) is 16.8. The molecule has 1 saturated carbocycles. The van der Waals surface area contributed by atoms with E-state index in [1.807, 2.05) is 13.8 Å². The van der Waals surface area contributed by atoms with Gasteiger partial charge in [-0.3, -0.25) is 19.2 Å². The molecule has 2 rings (SSSR count). The van der Waals surface area contributed by atoms with Crippen LogP contribution in [-0.2, 0) is 29.0 Å². The highest BCUT2D eigenvalue weighted by Gasteiger charge is 2.48. The van der Waals surface area contributed by atoms with Crippen LogP contribution in [-0.4, -0.2) is 90.1 Å². The number of carbonyl (C=O) groups excluding carboxylic acids is 5. The molecule has 270 valence electrons. The number of hydrogen-bond acceptors (Lipinski definition) is 7. The van der Waals surface area contributed by atoms with Gasteiger partial charge in [-0.05, 0) is 63.7 Å². The SMILES string of the molecule is C#CCCC(NC(=O)[C@@H]1[C@@H](C(C)C)CCN1C(=O)[C@@H](NC(=O)N[C@H]1CCCC[C@H]1S(=O)(=O)C(C)(C)C)C(C)(C)C)C(=O)C(=O)NCC=C. The van der Waals surface area contributed by atoms with E-state index in [2.05, 4.69) is 33.8 Å². The van der Waals surface area contributed by atoms with E-state index in [0.717, 1.165) is 12.8 Å². The van der Waals surface area contributed by atoms with Crippen molar-refractivity contribution < 1.29 is 32.4 Å². The zero-order valence-corrected chi connectivity index (χ0v) is 30.8. The number of rotatable bonds is 13. The van der Waals surface area contributed by atoms with Gasteiger partial charge in [0.15, 0.2) is 9.84 Å². The number of carbonyl (C=O) groups is 5. The number of amides is 5. The number of terminal acetylenes is 1. The first kappa shape index (κ1) is 40.8. The van der Waals surface area contributed by atoms with Crippen LogP contribution in [0.3, 0.4) is 0 Å². The Morgan fingerprint density at radius 1 is 1.00 bits per heavy atom. The van der Waals surface area contributed by atoms with Gasteiger partial charge in [0.25, 0.3) is 5.91 Å². The molecule has 2 aliphatic rings. The van der Waals surface area contributed by atoms with Crippen molar-refractivity contribution in [2.24, 2.45) is 17.3 Å². The molecule has 13 heteroatoms. The van der Waals surface area contributed by atoms with Crippen LogP contribution in [0.1, 0.15) is 100 Å². The lowest BCUT2D eigenvalue weighted by molar-refractivity contribution is -0.144. The zero-order valence-electron chi connectivity index (χ0n) is 30.0. The Kier molecular flexibility index (Phi) is 14.3. The third kappa shape index (κ3) is 10.1. The van der Waals surface area contributed by atoms with E-state index in [9.17, 15) is 32.4 Å². The summed E-state index contributed by atoms with van der Waals surface area (Å²) in [6.07, 6.45) is 9.98. The van der Waals surface area contributed by atoms with E-state index in [1.54, 1.807) is 41.5 Å². The summed E-state index contributed by atoms with van der Waals surface area (Å²) in [4.78, 5) is 68.7. The summed E-state index contributed by atoms with van der Waals surface area (Å²) < 4.78 is 25.8. The molecule has 5 amide bonds. The standard InChI is InChI=1S/C35H57N5O7S/c1-11-13-16-25(28(41)31(43)36-20-12-2)37-30(42)27-23(22(3)4)19-21-40(27)32(44)29(34(5,6)7)39-33(45)38-24-17-14-15-18-26(24)48(46,47)35(8,9)10/h1,12,22-27,29H,2,13-21H2,3-10H3,(H,36,43)(H,37,42)(H2,38,39,45)/t23-,24+,25?,26-,27+,29-/m1/s1. The lowest BCUT2D eigenvalue weighted by atomic mass is 9.84. The monoisotopic (exact) mass is 691 g/mol. The second-order valence-electron chi connectivity index (χ2n) is 15.3. The number of likely N-dealkylation sites (tertiary alicyclic amines) is 1. The second-order valence-corrected chi connectivity index (χ2v) is 18.3. The minimum absolute atomic E-state index is 0.00774. The van der Waals surface area contributed by atoms with E-state index in [1.165, 1.54) is 11.0 Å². The Bertz CT molecular complexity index is 1360. The van der Waals surface area contributed by atoms with Gasteiger partial charge in [0.2, 0.25) is 17.6 Å². The maximum atomic E-state index is 14.3. The van der Waals surface area contributed by atoms with Crippen LogP contribution in [0.5, 0.6) is 0 Å². The normalized spacial score (nSPS) is 23.0. The van der Waals surface area contributed by atoms with E-state index >= 15 is 0 Å². The third-order valence-electron chi connectivity index (χ3n) is 9.35. The quantitative estimate of drug-likeness (QED) is 0.131. The van der Waals surface area contributed by atoms with E-state index in [0.29, 0.717) is 19.3 Å². The van der Waals surface area contributed by atoms with Crippen molar-refractivity contribution in [2.75, 3.05) is 13.1 Å². The van der Waals surface area contributed by atoms with Gasteiger partial charge in [0.1, 0.15) is 12.1 Å². The predicted octanol–water partition coefficient (Wildman–Crippen LogP) is 2.87. The van der Waals surface area contributed by atoms with Crippen molar-refractivity contribution in [1.29, 1.82) is 0 Å². The summed E-state index contributed by atoms with van der Waals surface area (Å²) in [5, 5.41) is 10.1. The highest BCUT2D eigenvalue weighted by molar-refractivity contribution is 7.93. The molecule has 0 bridgehead atoms. The van der Waals surface area contributed by atoms with Crippen LogP contribution in [0.2, 0.25) is 0 Å². The van der Waals surface area contributed by atoms with E-state index < -0.39 is 79.0 Å². The Labute approximate surface area is 287 Å². The molecule has 0 radical (unpaired) electrons. The van der Waals surface area contributed by atoms with Gasteiger partial charge in [-0.1, -0.05) is 53.5 Å². The molecule has 1 aliphatic heterocycles. The predicted molar refractivity (Wildman–Crippen MR) is 186 cm³/mol. The molecular weight excluding hydrogens is 634 g/mol. The molecule has 1 unspecified atom stereocenters. The van der Waals surface area contributed by atoms with Crippen LogP contribution in [0.25, 0.3) is 0 Å². The third-order valence-corrected chi connectivity index (χ3v) is 12.4. The van der Waals surface area contributed by atoms with Crippen LogP contribution >= 0.6 is 0 Å². The molecule has 48 heavy (non-hydrogen) atoms. The van der Waals surface area contributed by atoms with Gasteiger partial charge < -0.3 is 26.2 Å². The first-order valence-corrected chi connectivity index (χ1v) is 18.5. The minimum Gasteiger partial charge on any atom is -0.346 e. The topological polar surface area (TPSA) is 171 Å². The van der Waals surface area contributed by atoms with Gasteiger partial charge in [0.05, 0.1) is 16.0 Å². The van der Waals surface area contributed by atoms with Gasteiger partial charge >= 0.3 is 6.03 Å². The minimum atomic E-state index is -3.57. The number of hydrogen-bond donors (Lipinski definition) is 4. The Hall–Kier alpha value is -3.40.